The third-order valence-electron chi connectivity index (χ3n) is 7.81. The van der Waals surface area contributed by atoms with Gasteiger partial charge in [0.25, 0.3) is 5.91 Å². The van der Waals surface area contributed by atoms with Gasteiger partial charge in [-0.25, -0.2) is 0 Å². The lowest BCUT2D eigenvalue weighted by atomic mass is 9.59. The van der Waals surface area contributed by atoms with Gasteiger partial charge in [-0.05, 0) is 48.9 Å². The molecule has 2 heterocycles. The van der Waals surface area contributed by atoms with Crippen molar-refractivity contribution in [3.63, 3.8) is 0 Å². The van der Waals surface area contributed by atoms with Crippen LogP contribution in [0.25, 0.3) is 0 Å². The molecule has 3 atom stereocenters. The molecule has 4 aliphatic rings. The first-order valence-electron chi connectivity index (χ1n) is 11.8. The highest BCUT2D eigenvalue weighted by Gasteiger charge is 2.70. The second-order valence-electron chi connectivity index (χ2n) is 10.8. The van der Waals surface area contributed by atoms with Crippen LogP contribution in [0.4, 0.5) is 5.69 Å². The van der Waals surface area contributed by atoms with E-state index in [0.717, 1.165) is 22.4 Å². The van der Waals surface area contributed by atoms with E-state index in [1.165, 1.54) is 6.08 Å². The minimum absolute atomic E-state index is 0.00904. The van der Waals surface area contributed by atoms with E-state index in [1.807, 2.05) is 55.5 Å². The second kappa shape index (κ2) is 6.78. The van der Waals surface area contributed by atoms with Crippen LogP contribution in [-0.4, -0.2) is 17.5 Å². The van der Waals surface area contributed by atoms with Gasteiger partial charge in [0.2, 0.25) is 0 Å². The third kappa shape index (κ3) is 2.58. The molecule has 0 radical (unpaired) electrons. The summed E-state index contributed by atoms with van der Waals surface area (Å²) in [6.07, 6.45) is 1.63. The molecule has 0 unspecified atom stereocenters. The number of fused-ring (bicyclic) bond motifs is 4. The Morgan fingerprint density at radius 3 is 2.29 bits per heavy atom. The van der Waals surface area contributed by atoms with Crippen molar-refractivity contribution in [3.8, 4) is 0 Å². The number of aryl methyl sites for hydroxylation is 1. The minimum atomic E-state index is -1.52. The quantitative estimate of drug-likeness (QED) is 0.549. The van der Waals surface area contributed by atoms with Crippen molar-refractivity contribution in [1.82, 2.24) is 0 Å². The summed E-state index contributed by atoms with van der Waals surface area (Å²) in [4.78, 5) is 44.0. The average Bonchev–Trinajstić information content (AvgIpc) is 3.06. The van der Waals surface area contributed by atoms with Crippen molar-refractivity contribution < 1.29 is 19.1 Å². The van der Waals surface area contributed by atoms with Gasteiger partial charge in [0.05, 0.1) is 5.76 Å². The number of nitrogens with zero attached hydrogens (tertiary/aromatic N) is 1. The van der Waals surface area contributed by atoms with Gasteiger partial charge in [0, 0.05) is 35.4 Å². The number of carbonyl (C=O) groups excluding carboxylic acids is 3. The molecule has 0 bridgehead atoms. The first-order valence-corrected chi connectivity index (χ1v) is 11.8. The zero-order valence-corrected chi connectivity index (χ0v) is 19.8. The number of benzene rings is 2. The predicted molar refractivity (Wildman–Crippen MR) is 128 cm³/mol. The van der Waals surface area contributed by atoms with E-state index in [2.05, 4.69) is 13.8 Å². The van der Waals surface area contributed by atoms with Crippen LogP contribution in [0.1, 0.15) is 62.3 Å². The van der Waals surface area contributed by atoms with Crippen LogP contribution >= 0.6 is 0 Å². The Morgan fingerprint density at radius 2 is 1.59 bits per heavy atom. The van der Waals surface area contributed by atoms with Crippen molar-refractivity contribution in [1.29, 1.82) is 0 Å². The molecule has 0 N–H and O–H groups in total. The van der Waals surface area contributed by atoms with Gasteiger partial charge in [-0.15, -0.1) is 0 Å². The summed E-state index contributed by atoms with van der Waals surface area (Å²) in [5.74, 6) is -0.732. The summed E-state index contributed by atoms with van der Waals surface area (Å²) in [5.41, 5.74) is 2.92. The Kier molecular flexibility index (Phi) is 4.21. The van der Waals surface area contributed by atoms with Crippen molar-refractivity contribution >= 4 is 23.2 Å². The van der Waals surface area contributed by atoms with E-state index in [0.29, 0.717) is 29.9 Å². The lowest BCUT2D eigenvalue weighted by Gasteiger charge is -2.50. The topological polar surface area (TPSA) is 63.7 Å². The Hall–Kier alpha value is -3.47. The van der Waals surface area contributed by atoms with Crippen LogP contribution < -0.4 is 4.90 Å². The largest absolute Gasteiger partial charge is 0.489 e. The molecule has 0 saturated heterocycles. The molecule has 0 saturated carbocycles. The molecule has 2 aliphatic heterocycles. The molecule has 172 valence electrons. The van der Waals surface area contributed by atoms with E-state index in [9.17, 15) is 14.4 Å². The Bertz CT molecular complexity index is 1350. The fraction of sp³-hybridized carbons (Fsp3) is 0.345. The second-order valence-corrected chi connectivity index (χ2v) is 10.8. The minimum Gasteiger partial charge on any atom is -0.489 e. The van der Waals surface area contributed by atoms with Crippen LogP contribution in [0.2, 0.25) is 0 Å². The van der Waals surface area contributed by atoms with Crippen LogP contribution in [0.15, 0.2) is 71.6 Å². The number of carbonyl (C=O) groups is 3. The highest BCUT2D eigenvalue weighted by Crippen LogP contribution is 2.66. The highest BCUT2D eigenvalue weighted by molar-refractivity contribution is 6.23. The van der Waals surface area contributed by atoms with E-state index < -0.39 is 17.4 Å². The summed E-state index contributed by atoms with van der Waals surface area (Å²) in [6.45, 7) is 7.85. The summed E-state index contributed by atoms with van der Waals surface area (Å²) in [7, 11) is 0. The van der Waals surface area contributed by atoms with E-state index in [-0.39, 0.29) is 22.9 Å². The number of Topliss-reactive ketones (excluding diaryl/α,β-unsaturated/α-hetero) is 1. The number of amides is 1. The molecule has 2 aromatic rings. The number of rotatable bonds is 1. The molecular formula is C29H27NO4. The van der Waals surface area contributed by atoms with Gasteiger partial charge >= 0.3 is 0 Å². The van der Waals surface area contributed by atoms with Crippen molar-refractivity contribution in [2.75, 3.05) is 4.90 Å². The number of anilines is 1. The summed E-state index contributed by atoms with van der Waals surface area (Å²) in [6, 6.07) is 15.4. The molecule has 2 aromatic carbocycles. The lowest BCUT2D eigenvalue weighted by Crippen LogP contribution is -2.59. The summed E-state index contributed by atoms with van der Waals surface area (Å²) in [5, 5.41) is 0. The predicted octanol–water partition coefficient (Wildman–Crippen LogP) is 5.31. The number of allylic oxidation sites excluding steroid dienone is 4. The molecule has 6 rings (SSSR count). The maximum atomic E-state index is 14.7. The third-order valence-corrected chi connectivity index (χ3v) is 7.81. The van der Waals surface area contributed by atoms with Crippen LogP contribution in [0.3, 0.4) is 0 Å². The van der Waals surface area contributed by atoms with Gasteiger partial charge in [-0.3, -0.25) is 19.3 Å². The molecule has 2 aliphatic carbocycles. The van der Waals surface area contributed by atoms with Crippen LogP contribution in [-0.2, 0) is 19.1 Å². The number of ether oxygens (including phenoxy) is 1. The first kappa shape index (κ1) is 21.1. The maximum absolute atomic E-state index is 14.7. The standard InChI is InChI=1S/C29H27NO4/c1-16-9-11-18(12-10-16)30-21-14-28(3,4)15-22(31)24(21)25-19-7-5-6-8-20(19)26-29(25,27(30)33)23(32)13-17(2)34-26/h5-13,25-26H,14-15H2,1-4H3/t25-,26+,29+/m0/s1. The summed E-state index contributed by atoms with van der Waals surface area (Å²) >= 11 is 0. The van der Waals surface area contributed by atoms with Gasteiger partial charge in [-0.2, -0.15) is 0 Å². The van der Waals surface area contributed by atoms with Crippen LogP contribution in [0, 0.1) is 17.8 Å². The number of hydrogen-bond donors (Lipinski definition) is 0. The Balaban J connectivity index is 1.71. The zero-order chi connectivity index (χ0) is 24.0. The molecule has 0 fully saturated rings. The molecule has 5 heteroatoms. The molecule has 1 spiro atoms. The normalized spacial score (nSPS) is 29.1. The first-order chi connectivity index (χ1) is 16.1. The van der Waals surface area contributed by atoms with Gasteiger partial charge in [-0.1, -0.05) is 55.8 Å². The number of hydrogen-bond acceptors (Lipinski definition) is 4. The van der Waals surface area contributed by atoms with Crippen molar-refractivity contribution in [2.24, 2.45) is 10.8 Å². The lowest BCUT2D eigenvalue weighted by molar-refractivity contribution is -0.151. The number of ketones is 2. The van der Waals surface area contributed by atoms with Gasteiger partial charge < -0.3 is 4.74 Å². The SMILES string of the molecule is CC1=CC(=O)[C@@]23C(=O)N(c4ccc(C)cc4)C4=C(C(=O)CC(C)(C)C4)[C@@H]2c2ccccc2[C@H]3O1. The monoisotopic (exact) mass is 453 g/mol. The van der Waals surface area contributed by atoms with E-state index >= 15 is 0 Å². The van der Waals surface area contributed by atoms with Crippen LogP contribution in [0.5, 0.6) is 0 Å². The zero-order valence-electron chi connectivity index (χ0n) is 19.8. The fourth-order valence-corrected chi connectivity index (χ4v) is 6.43. The van der Waals surface area contributed by atoms with E-state index in [4.69, 9.17) is 4.74 Å². The fourth-order valence-electron chi connectivity index (χ4n) is 6.43. The highest BCUT2D eigenvalue weighted by atomic mass is 16.5. The van der Waals surface area contributed by atoms with Gasteiger partial charge in [0.1, 0.15) is 6.10 Å². The van der Waals surface area contributed by atoms with Gasteiger partial charge in [0.15, 0.2) is 17.0 Å². The summed E-state index contributed by atoms with van der Waals surface area (Å²) < 4.78 is 6.26. The van der Waals surface area contributed by atoms with E-state index in [1.54, 1.807) is 11.8 Å². The molecule has 0 aromatic heterocycles. The molecule has 1 amide bonds. The molecule has 34 heavy (non-hydrogen) atoms. The average molecular weight is 454 g/mol. The van der Waals surface area contributed by atoms with Crippen molar-refractivity contribution in [3.05, 3.63) is 88.3 Å². The maximum Gasteiger partial charge on any atom is 0.250 e. The molecular weight excluding hydrogens is 426 g/mol. The van der Waals surface area contributed by atoms with Crippen molar-refractivity contribution in [2.45, 2.75) is 52.6 Å². The smallest absolute Gasteiger partial charge is 0.250 e. The Labute approximate surface area is 199 Å². The molecule has 5 nitrogen and oxygen atoms in total. The Morgan fingerprint density at radius 1 is 0.912 bits per heavy atom.